The molecule has 0 amide bonds. The van der Waals surface area contributed by atoms with E-state index in [2.05, 4.69) is 4.99 Å². The van der Waals surface area contributed by atoms with Crippen molar-refractivity contribution in [1.29, 1.82) is 0 Å². The van der Waals surface area contributed by atoms with Crippen LogP contribution >= 0.6 is 11.6 Å². The number of carboxylic acid groups (broad SMARTS) is 1. The predicted molar refractivity (Wildman–Crippen MR) is 65.3 cm³/mol. The minimum absolute atomic E-state index is 0.0268. The summed E-state index contributed by atoms with van der Waals surface area (Å²) in [4.78, 5) is 14.9. The molecule has 0 bridgehead atoms. The number of benzene rings is 1. The van der Waals surface area contributed by atoms with Gasteiger partial charge in [0.2, 0.25) is 0 Å². The van der Waals surface area contributed by atoms with Gasteiger partial charge in [-0.15, -0.1) is 0 Å². The van der Waals surface area contributed by atoms with E-state index in [1.807, 2.05) is 13.8 Å². The molecular weight excluding hydrogens is 226 g/mol. The van der Waals surface area contributed by atoms with Gasteiger partial charge in [-0.3, -0.25) is 4.99 Å². The molecule has 4 heteroatoms. The summed E-state index contributed by atoms with van der Waals surface area (Å²) < 4.78 is 0. The quantitative estimate of drug-likeness (QED) is 0.822. The molecule has 1 rings (SSSR count). The Bertz CT molecular complexity index is 385. The molecule has 1 unspecified atom stereocenters. The predicted octanol–water partition coefficient (Wildman–Crippen LogP) is 2.87. The number of carboxylic acids is 1. The molecule has 0 aromatic heterocycles. The van der Waals surface area contributed by atoms with Crippen molar-refractivity contribution in [1.82, 2.24) is 0 Å². The Morgan fingerprint density at radius 2 is 1.94 bits per heavy atom. The average molecular weight is 240 g/mol. The van der Waals surface area contributed by atoms with Crippen LogP contribution in [-0.4, -0.2) is 23.3 Å². The molecule has 1 N–H and O–H groups in total. The number of nitrogens with zero attached hydrogens (tertiary/aromatic N) is 1. The smallest absolute Gasteiger partial charge is 0.328 e. The fraction of sp³-hybridized carbons (Fsp3) is 0.333. The van der Waals surface area contributed by atoms with Crippen LogP contribution in [0.25, 0.3) is 0 Å². The van der Waals surface area contributed by atoms with Gasteiger partial charge in [0.05, 0.1) is 0 Å². The molecule has 0 aliphatic heterocycles. The van der Waals surface area contributed by atoms with Crippen molar-refractivity contribution in [3.8, 4) is 0 Å². The highest BCUT2D eigenvalue weighted by Crippen LogP contribution is 2.10. The number of carbonyl (C=O) groups is 1. The van der Waals surface area contributed by atoms with E-state index in [4.69, 9.17) is 16.7 Å². The fourth-order valence-corrected chi connectivity index (χ4v) is 1.36. The molecule has 0 heterocycles. The van der Waals surface area contributed by atoms with Gasteiger partial charge < -0.3 is 5.11 Å². The van der Waals surface area contributed by atoms with Crippen molar-refractivity contribution in [3.63, 3.8) is 0 Å². The highest BCUT2D eigenvalue weighted by molar-refractivity contribution is 6.30. The molecular formula is C12H14ClNO2. The highest BCUT2D eigenvalue weighted by atomic mass is 35.5. The molecule has 0 aliphatic carbocycles. The Morgan fingerprint density at radius 1 is 1.38 bits per heavy atom. The van der Waals surface area contributed by atoms with Crippen molar-refractivity contribution < 1.29 is 9.90 Å². The third-order valence-electron chi connectivity index (χ3n) is 2.14. The Hall–Kier alpha value is -1.35. The van der Waals surface area contributed by atoms with Gasteiger partial charge >= 0.3 is 5.97 Å². The van der Waals surface area contributed by atoms with Crippen LogP contribution in [0.15, 0.2) is 29.3 Å². The zero-order valence-corrected chi connectivity index (χ0v) is 9.98. The van der Waals surface area contributed by atoms with Crippen molar-refractivity contribution in [3.05, 3.63) is 34.9 Å². The van der Waals surface area contributed by atoms with Gasteiger partial charge in [-0.2, -0.15) is 0 Å². The van der Waals surface area contributed by atoms with Crippen LogP contribution in [0.5, 0.6) is 0 Å². The van der Waals surface area contributed by atoms with E-state index in [0.29, 0.717) is 5.02 Å². The van der Waals surface area contributed by atoms with E-state index in [0.717, 1.165) is 5.56 Å². The van der Waals surface area contributed by atoms with E-state index >= 15 is 0 Å². The van der Waals surface area contributed by atoms with E-state index in [1.165, 1.54) is 0 Å². The van der Waals surface area contributed by atoms with Crippen molar-refractivity contribution in [2.45, 2.75) is 19.9 Å². The number of hydrogen-bond donors (Lipinski definition) is 1. The van der Waals surface area contributed by atoms with E-state index in [-0.39, 0.29) is 5.92 Å². The van der Waals surface area contributed by atoms with E-state index in [1.54, 1.807) is 30.5 Å². The van der Waals surface area contributed by atoms with Crippen LogP contribution in [-0.2, 0) is 4.79 Å². The minimum atomic E-state index is -0.903. The van der Waals surface area contributed by atoms with E-state index < -0.39 is 12.0 Å². The third-order valence-corrected chi connectivity index (χ3v) is 2.39. The molecule has 3 nitrogen and oxygen atoms in total. The van der Waals surface area contributed by atoms with Crippen LogP contribution in [0.2, 0.25) is 5.02 Å². The van der Waals surface area contributed by atoms with Gasteiger partial charge in [0, 0.05) is 11.2 Å². The lowest BCUT2D eigenvalue weighted by Gasteiger charge is -2.10. The van der Waals surface area contributed by atoms with Crippen LogP contribution < -0.4 is 0 Å². The maximum absolute atomic E-state index is 10.9. The fourth-order valence-electron chi connectivity index (χ4n) is 1.24. The maximum Gasteiger partial charge on any atom is 0.328 e. The molecule has 0 radical (unpaired) electrons. The molecule has 0 fully saturated rings. The zero-order chi connectivity index (χ0) is 12.1. The Kier molecular flexibility index (Phi) is 4.50. The second kappa shape index (κ2) is 5.66. The molecule has 0 saturated heterocycles. The molecule has 0 saturated carbocycles. The van der Waals surface area contributed by atoms with Crippen molar-refractivity contribution >= 4 is 23.8 Å². The summed E-state index contributed by atoms with van der Waals surface area (Å²) in [6, 6.07) is 6.38. The van der Waals surface area contributed by atoms with Crippen LogP contribution in [0.4, 0.5) is 0 Å². The molecule has 1 atom stereocenters. The summed E-state index contributed by atoms with van der Waals surface area (Å²) in [7, 11) is 0. The molecule has 16 heavy (non-hydrogen) atoms. The first-order valence-electron chi connectivity index (χ1n) is 5.02. The van der Waals surface area contributed by atoms with Crippen LogP contribution in [0.1, 0.15) is 19.4 Å². The topological polar surface area (TPSA) is 49.7 Å². The minimum Gasteiger partial charge on any atom is -0.480 e. The lowest BCUT2D eigenvalue weighted by molar-refractivity contribution is -0.139. The standard InChI is InChI=1S/C12H14ClNO2/c1-8(2)11(12(15)16)14-7-9-3-5-10(13)6-4-9/h3-8,11H,1-2H3,(H,15,16). The van der Waals surface area contributed by atoms with Gasteiger partial charge in [-0.05, 0) is 23.6 Å². The van der Waals surface area contributed by atoms with Gasteiger partial charge in [0.1, 0.15) is 6.04 Å². The SMILES string of the molecule is CC(C)C(N=Cc1ccc(Cl)cc1)C(=O)O. The summed E-state index contributed by atoms with van der Waals surface area (Å²) in [5, 5.41) is 9.58. The molecule has 0 spiro atoms. The number of rotatable bonds is 4. The van der Waals surface area contributed by atoms with Gasteiger partial charge in [0.15, 0.2) is 0 Å². The number of hydrogen-bond acceptors (Lipinski definition) is 2. The molecule has 86 valence electrons. The molecule has 0 aliphatic rings. The number of halogens is 1. The Morgan fingerprint density at radius 3 is 2.38 bits per heavy atom. The first-order valence-corrected chi connectivity index (χ1v) is 5.40. The van der Waals surface area contributed by atoms with Gasteiger partial charge in [-0.25, -0.2) is 4.79 Å². The van der Waals surface area contributed by atoms with Gasteiger partial charge in [0.25, 0.3) is 0 Å². The summed E-state index contributed by atoms with van der Waals surface area (Å²) >= 11 is 5.74. The van der Waals surface area contributed by atoms with E-state index in [9.17, 15) is 4.79 Å². The van der Waals surface area contributed by atoms with Crippen LogP contribution in [0, 0.1) is 5.92 Å². The van der Waals surface area contributed by atoms with Crippen LogP contribution in [0.3, 0.4) is 0 Å². The average Bonchev–Trinajstić information content (AvgIpc) is 2.20. The largest absolute Gasteiger partial charge is 0.480 e. The lowest BCUT2D eigenvalue weighted by Crippen LogP contribution is -2.24. The second-order valence-corrected chi connectivity index (χ2v) is 4.29. The highest BCUT2D eigenvalue weighted by Gasteiger charge is 2.18. The Balaban J connectivity index is 2.78. The second-order valence-electron chi connectivity index (χ2n) is 3.86. The number of aliphatic imine (C=N–C) groups is 1. The number of aliphatic carboxylic acids is 1. The molecule has 1 aromatic carbocycles. The third kappa shape index (κ3) is 3.66. The normalized spacial score (nSPS) is 13.2. The first kappa shape index (κ1) is 12.7. The monoisotopic (exact) mass is 239 g/mol. The summed E-state index contributed by atoms with van der Waals surface area (Å²) in [5.74, 6) is -0.929. The first-order chi connectivity index (χ1) is 7.50. The van der Waals surface area contributed by atoms with Gasteiger partial charge in [-0.1, -0.05) is 37.6 Å². The van der Waals surface area contributed by atoms with Crippen molar-refractivity contribution in [2.24, 2.45) is 10.9 Å². The maximum atomic E-state index is 10.9. The zero-order valence-electron chi connectivity index (χ0n) is 9.22. The molecule has 1 aromatic rings. The Labute approximate surface area is 99.8 Å². The summed E-state index contributed by atoms with van der Waals surface area (Å²) in [6.45, 7) is 3.66. The lowest BCUT2D eigenvalue weighted by atomic mass is 10.1. The summed E-state index contributed by atoms with van der Waals surface area (Å²) in [5.41, 5.74) is 0.844. The van der Waals surface area contributed by atoms with Crippen molar-refractivity contribution in [2.75, 3.05) is 0 Å². The summed E-state index contributed by atoms with van der Waals surface area (Å²) in [6.07, 6.45) is 1.56.